The highest BCUT2D eigenvalue weighted by molar-refractivity contribution is 9.10. The summed E-state index contributed by atoms with van der Waals surface area (Å²) in [5.41, 5.74) is 1.45. The number of pyridine rings is 2. The second-order valence-corrected chi connectivity index (χ2v) is 5.66. The van der Waals surface area contributed by atoms with Crippen LogP contribution in [0.4, 0.5) is 0 Å². The molecule has 4 nitrogen and oxygen atoms in total. The summed E-state index contributed by atoms with van der Waals surface area (Å²) in [7, 11) is 0. The van der Waals surface area contributed by atoms with Gasteiger partial charge in [0.05, 0.1) is 17.8 Å². The molecule has 0 fully saturated rings. The van der Waals surface area contributed by atoms with Crippen LogP contribution in [-0.4, -0.2) is 26.8 Å². The first-order chi connectivity index (χ1) is 9.58. The van der Waals surface area contributed by atoms with E-state index in [1.165, 1.54) is 0 Å². The fourth-order valence-electron chi connectivity index (χ4n) is 1.85. The lowest BCUT2D eigenvalue weighted by molar-refractivity contribution is 0.0687. The van der Waals surface area contributed by atoms with Gasteiger partial charge in [0.1, 0.15) is 0 Å². The Labute approximate surface area is 127 Å². The van der Waals surface area contributed by atoms with Gasteiger partial charge in [-0.15, -0.1) is 0 Å². The molecule has 0 aromatic carbocycles. The van der Waals surface area contributed by atoms with E-state index >= 15 is 0 Å². The van der Waals surface area contributed by atoms with Crippen LogP contribution in [-0.2, 0) is 6.54 Å². The molecule has 0 saturated heterocycles. The van der Waals surface area contributed by atoms with Crippen molar-refractivity contribution in [1.29, 1.82) is 0 Å². The van der Waals surface area contributed by atoms with Crippen molar-refractivity contribution in [3.05, 3.63) is 58.6 Å². The topological polar surface area (TPSA) is 46.1 Å². The minimum absolute atomic E-state index is 0.0422. The average molecular weight is 334 g/mol. The highest BCUT2D eigenvalue weighted by Crippen LogP contribution is 2.15. The van der Waals surface area contributed by atoms with Crippen molar-refractivity contribution in [2.45, 2.75) is 26.4 Å². The van der Waals surface area contributed by atoms with Crippen LogP contribution < -0.4 is 0 Å². The highest BCUT2D eigenvalue weighted by Gasteiger charge is 2.20. The Hall–Kier alpha value is -1.75. The van der Waals surface area contributed by atoms with Crippen LogP contribution in [0.5, 0.6) is 0 Å². The first-order valence-corrected chi connectivity index (χ1v) is 7.18. The monoisotopic (exact) mass is 333 g/mol. The molecule has 0 aliphatic heterocycles. The lowest BCUT2D eigenvalue weighted by atomic mass is 10.2. The van der Waals surface area contributed by atoms with Gasteiger partial charge in [-0.05, 0) is 48.0 Å². The molecule has 104 valence electrons. The molecule has 0 aliphatic carbocycles. The quantitative estimate of drug-likeness (QED) is 0.862. The van der Waals surface area contributed by atoms with Crippen LogP contribution in [0.2, 0.25) is 0 Å². The number of rotatable bonds is 4. The Morgan fingerprint density at radius 3 is 2.75 bits per heavy atom. The molecular formula is C15H16BrN3O. The number of aromatic nitrogens is 2. The summed E-state index contributed by atoms with van der Waals surface area (Å²) < 4.78 is 0.796. The van der Waals surface area contributed by atoms with Crippen LogP contribution >= 0.6 is 15.9 Å². The minimum atomic E-state index is -0.0422. The molecule has 0 aliphatic rings. The molecule has 0 N–H and O–H groups in total. The predicted molar refractivity (Wildman–Crippen MR) is 81.2 cm³/mol. The Kier molecular flexibility index (Phi) is 4.84. The fraction of sp³-hybridized carbons (Fsp3) is 0.267. The predicted octanol–water partition coefficient (Wildman–Crippen LogP) is 3.29. The number of hydrogen-bond acceptors (Lipinski definition) is 3. The van der Waals surface area contributed by atoms with E-state index in [4.69, 9.17) is 0 Å². The maximum atomic E-state index is 12.6. The largest absolute Gasteiger partial charge is 0.330 e. The summed E-state index contributed by atoms with van der Waals surface area (Å²) >= 11 is 3.34. The molecule has 0 saturated carbocycles. The molecule has 0 bridgehead atoms. The maximum Gasteiger partial charge on any atom is 0.256 e. The van der Waals surface area contributed by atoms with Crippen molar-refractivity contribution in [2.24, 2.45) is 0 Å². The zero-order chi connectivity index (χ0) is 14.5. The Morgan fingerprint density at radius 1 is 1.35 bits per heavy atom. The van der Waals surface area contributed by atoms with E-state index in [1.807, 2.05) is 32.0 Å². The van der Waals surface area contributed by atoms with Gasteiger partial charge in [0.2, 0.25) is 0 Å². The molecule has 20 heavy (non-hydrogen) atoms. The lowest BCUT2D eigenvalue weighted by Gasteiger charge is -2.26. The van der Waals surface area contributed by atoms with Crippen molar-refractivity contribution >= 4 is 21.8 Å². The smallest absolute Gasteiger partial charge is 0.256 e. The number of carbonyl (C=O) groups is 1. The number of halogens is 1. The van der Waals surface area contributed by atoms with Crippen LogP contribution in [0.3, 0.4) is 0 Å². The Bertz CT molecular complexity index is 587. The van der Waals surface area contributed by atoms with E-state index in [9.17, 15) is 4.79 Å². The van der Waals surface area contributed by atoms with Gasteiger partial charge in [0, 0.05) is 29.1 Å². The molecule has 2 aromatic heterocycles. The number of hydrogen-bond donors (Lipinski definition) is 0. The SMILES string of the molecule is CC(C)N(Cc1ccccn1)C(=O)c1cncc(Br)c1. The Morgan fingerprint density at radius 2 is 2.15 bits per heavy atom. The van der Waals surface area contributed by atoms with Crippen molar-refractivity contribution in [1.82, 2.24) is 14.9 Å². The summed E-state index contributed by atoms with van der Waals surface area (Å²) in [6, 6.07) is 7.57. The molecule has 0 unspecified atom stereocenters. The van der Waals surface area contributed by atoms with E-state index in [1.54, 1.807) is 29.6 Å². The molecule has 0 radical (unpaired) electrons. The van der Waals surface area contributed by atoms with Crippen molar-refractivity contribution in [3.8, 4) is 0 Å². The normalized spacial score (nSPS) is 10.6. The number of nitrogens with zero attached hydrogens (tertiary/aromatic N) is 3. The molecular weight excluding hydrogens is 318 g/mol. The van der Waals surface area contributed by atoms with Crippen LogP contribution in [0.25, 0.3) is 0 Å². The lowest BCUT2D eigenvalue weighted by Crippen LogP contribution is -2.36. The third kappa shape index (κ3) is 3.63. The summed E-state index contributed by atoms with van der Waals surface area (Å²) in [5, 5.41) is 0. The number of amides is 1. The fourth-order valence-corrected chi connectivity index (χ4v) is 2.21. The number of carbonyl (C=O) groups excluding carboxylic acids is 1. The van der Waals surface area contributed by atoms with Crippen LogP contribution in [0.15, 0.2) is 47.3 Å². The van der Waals surface area contributed by atoms with Crippen molar-refractivity contribution in [2.75, 3.05) is 0 Å². The van der Waals surface area contributed by atoms with Gasteiger partial charge >= 0.3 is 0 Å². The van der Waals surface area contributed by atoms with E-state index < -0.39 is 0 Å². The van der Waals surface area contributed by atoms with Gasteiger partial charge in [0.15, 0.2) is 0 Å². The van der Waals surface area contributed by atoms with Gasteiger partial charge in [-0.1, -0.05) is 6.07 Å². The van der Waals surface area contributed by atoms with Crippen molar-refractivity contribution < 1.29 is 4.79 Å². The molecule has 0 atom stereocenters. The second kappa shape index (κ2) is 6.61. The highest BCUT2D eigenvalue weighted by atomic mass is 79.9. The average Bonchev–Trinajstić information content (AvgIpc) is 2.45. The zero-order valence-electron chi connectivity index (χ0n) is 11.5. The third-order valence-corrected chi connectivity index (χ3v) is 3.33. The first-order valence-electron chi connectivity index (χ1n) is 6.39. The molecule has 1 amide bonds. The van der Waals surface area contributed by atoms with Gasteiger partial charge in [-0.25, -0.2) is 0 Å². The van der Waals surface area contributed by atoms with E-state index in [-0.39, 0.29) is 11.9 Å². The summed E-state index contributed by atoms with van der Waals surface area (Å²) in [6.45, 7) is 4.47. The van der Waals surface area contributed by atoms with Gasteiger partial charge in [-0.3, -0.25) is 14.8 Å². The third-order valence-electron chi connectivity index (χ3n) is 2.89. The maximum absolute atomic E-state index is 12.6. The van der Waals surface area contributed by atoms with Gasteiger partial charge in [-0.2, -0.15) is 0 Å². The zero-order valence-corrected chi connectivity index (χ0v) is 13.0. The minimum Gasteiger partial charge on any atom is -0.330 e. The molecule has 2 aromatic rings. The summed E-state index contributed by atoms with van der Waals surface area (Å²) in [6.07, 6.45) is 4.98. The van der Waals surface area contributed by atoms with E-state index in [0.29, 0.717) is 12.1 Å². The summed E-state index contributed by atoms with van der Waals surface area (Å²) in [5.74, 6) is -0.0422. The van der Waals surface area contributed by atoms with Crippen molar-refractivity contribution in [3.63, 3.8) is 0 Å². The standard InChI is InChI=1S/C15H16BrN3O/c1-11(2)19(10-14-5-3-4-6-18-14)15(20)12-7-13(16)9-17-8-12/h3-9,11H,10H2,1-2H3. The van der Waals surface area contributed by atoms with Gasteiger partial charge in [0.25, 0.3) is 5.91 Å². The van der Waals surface area contributed by atoms with Gasteiger partial charge < -0.3 is 4.90 Å². The Balaban J connectivity index is 2.23. The molecule has 5 heteroatoms. The van der Waals surface area contributed by atoms with Crippen LogP contribution in [0, 0.1) is 0 Å². The summed E-state index contributed by atoms with van der Waals surface area (Å²) in [4.78, 5) is 22.7. The molecule has 2 heterocycles. The van der Waals surface area contributed by atoms with Crippen LogP contribution in [0.1, 0.15) is 29.9 Å². The molecule has 2 rings (SSSR count). The van der Waals surface area contributed by atoms with E-state index in [0.717, 1.165) is 10.2 Å². The second-order valence-electron chi connectivity index (χ2n) is 4.74. The molecule has 0 spiro atoms. The van der Waals surface area contributed by atoms with E-state index in [2.05, 4.69) is 25.9 Å². The first kappa shape index (κ1) is 14.7.